The molecule has 0 spiro atoms. The van der Waals surface area contributed by atoms with E-state index in [1.165, 1.54) is 27.3 Å². The molecule has 1 amide bonds. The van der Waals surface area contributed by atoms with Gasteiger partial charge >= 0.3 is 0 Å². The molecule has 2 N–H and O–H groups in total. The number of H-pyrrole nitrogens is 1. The fourth-order valence-corrected chi connectivity index (χ4v) is 3.48. The zero-order valence-corrected chi connectivity index (χ0v) is 16.2. The van der Waals surface area contributed by atoms with Crippen LogP contribution in [0, 0.1) is 6.92 Å². The van der Waals surface area contributed by atoms with Crippen molar-refractivity contribution < 1.29 is 4.79 Å². The van der Waals surface area contributed by atoms with Gasteiger partial charge in [-0.2, -0.15) is 19.9 Å². The summed E-state index contributed by atoms with van der Waals surface area (Å²) in [7, 11) is 1.70. The van der Waals surface area contributed by atoms with Crippen molar-refractivity contribution in [2.24, 2.45) is 7.05 Å². The molecule has 0 unspecified atom stereocenters. The molecule has 0 fully saturated rings. The van der Waals surface area contributed by atoms with E-state index in [0.29, 0.717) is 28.1 Å². The van der Waals surface area contributed by atoms with Gasteiger partial charge in [0.1, 0.15) is 11.2 Å². The number of amides is 1. The molecule has 0 bridgehead atoms. The molecule has 1 aromatic carbocycles. The van der Waals surface area contributed by atoms with Crippen molar-refractivity contribution in [3.63, 3.8) is 0 Å². The maximum Gasteiger partial charge on any atom is 0.263 e. The summed E-state index contributed by atoms with van der Waals surface area (Å²) in [6, 6.07) is 9.06. The smallest absolute Gasteiger partial charge is 0.263 e. The third-order valence-electron chi connectivity index (χ3n) is 4.21. The second-order valence-corrected chi connectivity index (χ2v) is 6.98. The quantitative estimate of drug-likeness (QED) is 0.512. The first kappa shape index (κ1) is 18.0. The summed E-state index contributed by atoms with van der Waals surface area (Å²) in [5, 5.41) is 11.7. The van der Waals surface area contributed by atoms with E-state index in [4.69, 9.17) is 0 Å². The van der Waals surface area contributed by atoms with Crippen LogP contribution in [-0.4, -0.2) is 41.7 Å². The van der Waals surface area contributed by atoms with Crippen molar-refractivity contribution >= 4 is 34.5 Å². The summed E-state index contributed by atoms with van der Waals surface area (Å²) >= 11 is 1.49. The Morgan fingerprint density at radius 3 is 2.86 bits per heavy atom. The number of anilines is 1. The minimum atomic E-state index is -0.328. The molecule has 28 heavy (non-hydrogen) atoms. The zero-order valence-electron chi connectivity index (χ0n) is 15.4. The van der Waals surface area contributed by atoms with Gasteiger partial charge in [-0.3, -0.25) is 19.3 Å². The van der Waals surface area contributed by atoms with Crippen molar-refractivity contribution in [2.75, 3.05) is 11.6 Å². The Bertz CT molecular complexity index is 1250. The standard InChI is InChI=1S/C18H17N7O2S/c1-10-8-14(20-16(26)11-6-4-5-7-13(11)28-3)25(23-10)18-21-15-12(17(27)22-18)9-19-24(15)2/h4-9H,1-3H3,(H,20,26)(H,21,22,27). The molecule has 3 heterocycles. The maximum atomic E-state index is 12.8. The lowest BCUT2D eigenvalue weighted by molar-refractivity contribution is 0.102. The van der Waals surface area contributed by atoms with E-state index >= 15 is 0 Å². The first-order valence-electron chi connectivity index (χ1n) is 8.41. The molecule has 0 saturated heterocycles. The van der Waals surface area contributed by atoms with E-state index in [1.54, 1.807) is 26.1 Å². The molecule has 0 aliphatic rings. The van der Waals surface area contributed by atoms with Crippen molar-refractivity contribution in [3.8, 4) is 5.95 Å². The molecule has 0 aliphatic heterocycles. The van der Waals surface area contributed by atoms with Crippen LogP contribution in [0.1, 0.15) is 16.1 Å². The number of fused-ring (bicyclic) bond motifs is 1. The van der Waals surface area contributed by atoms with Crippen molar-refractivity contribution in [2.45, 2.75) is 11.8 Å². The third kappa shape index (κ3) is 3.07. The highest BCUT2D eigenvalue weighted by Gasteiger charge is 2.17. The van der Waals surface area contributed by atoms with Gasteiger partial charge in [0.05, 0.1) is 17.5 Å². The van der Waals surface area contributed by atoms with Gasteiger partial charge in [-0.15, -0.1) is 11.8 Å². The molecule has 10 heteroatoms. The first-order chi connectivity index (χ1) is 13.5. The number of aromatic amines is 1. The lowest BCUT2D eigenvalue weighted by Gasteiger charge is -2.10. The number of carbonyl (C=O) groups excluding carboxylic acids is 1. The van der Waals surface area contributed by atoms with Crippen molar-refractivity contribution in [1.29, 1.82) is 0 Å². The topological polar surface area (TPSA) is 110 Å². The van der Waals surface area contributed by atoms with Gasteiger partial charge in [0.25, 0.3) is 11.5 Å². The van der Waals surface area contributed by atoms with Gasteiger partial charge in [0.2, 0.25) is 5.95 Å². The molecule has 0 saturated carbocycles. The fraction of sp³-hybridized carbons (Fsp3) is 0.167. The van der Waals surface area contributed by atoms with E-state index < -0.39 is 0 Å². The van der Waals surface area contributed by atoms with Crippen LogP contribution >= 0.6 is 11.8 Å². The van der Waals surface area contributed by atoms with Crippen LogP contribution in [0.2, 0.25) is 0 Å². The van der Waals surface area contributed by atoms with Gasteiger partial charge < -0.3 is 5.32 Å². The Morgan fingerprint density at radius 1 is 1.29 bits per heavy atom. The predicted molar refractivity (Wildman–Crippen MR) is 107 cm³/mol. The molecule has 0 atom stereocenters. The molecule has 3 aromatic heterocycles. The highest BCUT2D eigenvalue weighted by atomic mass is 32.2. The monoisotopic (exact) mass is 395 g/mol. The maximum absolute atomic E-state index is 12.8. The highest BCUT2D eigenvalue weighted by molar-refractivity contribution is 7.98. The average Bonchev–Trinajstić information content (AvgIpc) is 3.24. The Kier molecular flexibility index (Phi) is 4.47. The van der Waals surface area contributed by atoms with E-state index in [9.17, 15) is 9.59 Å². The summed E-state index contributed by atoms with van der Waals surface area (Å²) < 4.78 is 2.92. The van der Waals surface area contributed by atoms with Crippen LogP contribution in [0.15, 0.2) is 46.2 Å². The fourth-order valence-electron chi connectivity index (χ4n) is 2.89. The molecule has 142 valence electrons. The number of carbonyl (C=O) groups is 1. The number of hydrogen-bond donors (Lipinski definition) is 2. The number of aryl methyl sites for hydroxylation is 2. The minimum absolute atomic E-state index is 0.197. The number of nitrogens with zero attached hydrogens (tertiary/aromatic N) is 5. The molecule has 4 rings (SSSR count). The van der Waals surface area contributed by atoms with Crippen LogP contribution in [0.25, 0.3) is 17.0 Å². The molecular weight excluding hydrogens is 378 g/mol. The van der Waals surface area contributed by atoms with E-state index in [-0.39, 0.29) is 17.4 Å². The number of nitrogens with one attached hydrogen (secondary N) is 2. The molecular formula is C18H17N7O2S. The second-order valence-electron chi connectivity index (χ2n) is 6.13. The van der Waals surface area contributed by atoms with Gasteiger partial charge in [0.15, 0.2) is 5.65 Å². The largest absolute Gasteiger partial charge is 0.306 e. The number of rotatable bonds is 4. The third-order valence-corrected chi connectivity index (χ3v) is 5.01. The Labute approximate surface area is 163 Å². The molecule has 9 nitrogen and oxygen atoms in total. The summed E-state index contributed by atoms with van der Waals surface area (Å²) in [6.45, 7) is 1.79. The Morgan fingerprint density at radius 2 is 2.07 bits per heavy atom. The van der Waals surface area contributed by atoms with Crippen LogP contribution < -0.4 is 10.9 Å². The van der Waals surface area contributed by atoms with Crippen LogP contribution in [-0.2, 0) is 7.05 Å². The zero-order chi connectivity index (χ0) is 19.8. The molecule has 4 aromatic rings. The lowest BCUT2D eigenvalue weighted by atomic mass is 10.2. The Hall–Kier alpha value is -3.40. The summed E-state index contributed by atoms with van der Waals surface area (Å²) in [4.78, 5) is 33.2. The number of thioether (sulfide) groups is 1. The van der Waals surface area contributed by atoms with Crippen molar-refractivity contribution in [3.05, 3.63) is 58.1 Å². The summed E-state index contributed by atoms with van der Waals surface area (Å²) in [6.07, 6.45) is 3.37. The van der Waals surface area contributed by atoms with Crippen LogP contribution in [0.4, 0.5) is 5.82 Å². The molecule has 0 radical (unpaired) electrons. The number of hydrogen-bond acceptors (Lipinski definition) is 6. The van der Waals surface area contributed by atoms with Crippen LogP contribution in [0.3, 0.4) is 0 Å². The number of benzene rings is 1. The normalized spacial score (nSPS) is 11.1. The van der Waals surface area contributed by atoms with Gasteiger partial charge in [-0.05, 0) is 25.3 Å². The highest BCUT2D eigenvalue weighted by Crippen LogP contribution is 2.22. The summed E-state index contributed by atoms with van der Waals surface area (Å²) in [5.74, 6) is 0.334. The van der Waals surface area contributed by atoms with Gasteiger partial charge in [-0.1, -0.05) is 12.1 Å². The SMILES string of the molecule is CSc1ccccc1C(=O)Nc1cc(C)nn1-c1nc2c(cnn2C)c(=O)[nH]1. The van der Waals surface area contributed by atoms with E-state index in [0.717, 1.165) is 4.90 Å². The predicted octanol–water partition coefficient (Wildman–Crippen LogP) is 2.12. The van der Waals surface area contributed by atoms with Gasteiger partial charge in [0, 0.05) is 18.0 Å². The van der Waals surface area contributed by atoms with E-state index in [1.807, 2.05) is 24.5 Å². The average molecular weight is 395 g/mol. The van der Waals surface area contributed by atoms with E-state index in [2.05, 4.69) is 25.5 Å². The molecule has 0 aliphatic carbocycles. The minimum Gasteiger partial charge on any atom is -0.306 e. The second kappa shape index (κ2) is 6.97. The van der Waals surface area contributed by atoms with Gasteiger partial charge in [-0.25, -0.2) is 0 Å². The van der Waals surface area contributed by atoms with Crippen molar-refractivity contribution in [1.82, 2.24) is 29.5 Å². The number of aromatic nitrogens is 6. The lowest BCUT2D eigenvalue weighted by Crippen LogP contribution is -2.19. The Balaban J connectivity index is 1.77. The summed E-state index contributed by atoms with van der Waals surface area (Å²) in [5.41, 5.74) is 1.33. The van der Waals surface area contributed by atoms with Crippen LogP contribution in [0.5, 0.6) is 0 Å². The first-order valence-corrected chi connectivity index (χ1v) is 9.64.